The monoisotopic (exact) mass is 206 g/mol. The highest BCUT2D eigenvalue weighted by Gasteiger charge is 2.04. The van der Waals surface area contributed by atoms with E-state index < -0.39 is 0 Å². The zero-order chi connectivity index (χ0) is 9.23. The topological polar surface area (TPSA) is 9.23 Å². The van der Waals surface area contributed by atoms with Crippen molar-refractivity contribution in [1.82, 2.24) is 0 Å². The van der Waals surface area contributed by atoms with Gasteiger partial charge in [0.25, 0.3) is 0 Å². The fourth-order valence-electron chi connectivity index (χ4n) is 0.666. The Balaban J connectivity index is 3.32. The molecule has 0 aromatic rings. The third-order valence-electron chi connectivity index (χ3n) is 1.33. The van der Waals surface area contributed by atoms with Crippen molar-refractivity contribution < 1.29 is 4.52 Å². The van der Waals surface area contributed by atoms with Gasteiger partial charge in [-0.3, -0.25) is 0 Å². The maximum Gasteiger partial charge on any atom is 0.0889 e. The van der Waals surface area contributed by atoms with Gasteiger partial charge in [-0.2, -0.15) is 0 Å². The Morgan fingerprint density at radius 3 is 2.75 bits per heavy atom. The molecule has 0 heterocycles. The van der Waals surface area contributed by atoms with Gasteiger partial charge in [-0.15, -0.1) is 18.0 Å². The maximum absolute atomic E-state index is 5.60. The molecule has 72 valence electrons. The van der Waals surface area contributed by atoms with E-state index in [4.69, 9.17) is 4.52 Å². The highest BCUT2D eigenvalue weighted by molar-refractivity contribution is 8.54. The predicted octanol–water partition coefficient (Wildman–Crippen LogP) is 4.05. The van der Waals surface area contributed by atoms with Crippen LogP contribution < -0.4 is 0 Å². The minimum absolute atomic E-state index is 0.231. The first-order valence-corrected chi connectivity index (χ1v) is 7.52. The van der Waals surface area contributed by atoms with Crippen molar-refractivity contribution in [3.8, 4) is 0 Å². The van der Waals surface area contributed by atoms with E-state index in [1.54, 1.807) is 0 Å². The fourth-order valence-corrected chi connectivity index (χ4v) is 3.95. The predicted molar refractivity (Wildman–Crippen MR) is 61.0 cm³/mol. The van der Waals surface area contributed by atoms with Crippen LogP contribution in [0.2, 0.25) is 0 Å². The maximum atomic E-state index is 5.60. The number of rotatable bonds is 8. The average molecular weight is 206 g/mol. The highest BCUT2D eigenvalue weighted by Crippen LogP contribution is 2.50. The molecule has 0 aliphatic heterocycles. The molecular formula is C9H19OPS. The standard InChI is InChI=1S/C9H19OPS/c1-4-7-9-12-11(6-3)10-8-5-2/h5H,2,4,6-9H2,1,3H3. The van der Waals surface area contributed by atoms with Gasteiger partial charge in [-0.05, 0) is 18.3 Å². The lowest BCUT2D eigenvalue weighted by Gasteiger charge is -2.13. The van der Waals surface area contributed by atoms with Crippen LogP contribution in [0.1, 0.15) is 26.7 Å². The summed E-state index contributed by atoms with van der Waals surface area (Å²) in [7, 11) is -0.231. The molecule has 0 saturated heterocycles. The van der Waals surface area contributed by atoms with E-state index in [2.05, 4.69) is 20.4 Å². The van der Waals surface area contributed by atoms with Gasteiger partial charge in [-0.25, -0.2) is 0 Å². The quantitative estimate of drug-likeness (QED) is 0.336. The van der Waals surface area contributed by atoms with Gasteiger partial charge >= 0.3 is 0 Å². The van der Waals surface area contributed by atoms with Crippen LogP contribution in [0, 0.1) is 0 Å². The number of hydrogen-bond donors (Lipinski definition) is 0. The van der Waals surface area contributed by atoms with Crippen LogP contribution >= 0.6 is 18.7 Å². The summed E-state index contributed by atoms with van der Waals surface area (Å²) in [6.45, 7) is 8.76. The smallest absolute Gasteiger partial charge is 0.0889 e. The minimum Gasteiger partial charge on any atom is -0.344 e. The molecule has 1 unspecified atom stereocenters. The van der Waals surface area contributed by atoms with Crippen molar-refractivity contribution in [3.63, 3.8) is 0 Å². The van der Waals surface area contributed by atoms with Crippen LogP contribution in [-0.4, -0.2) is 18.5 Å². The largest absolute Gasteiger partial charge is 0.344 e. The third-order valence-corrected chi connectivity index (χ3v) is 5.54. The van der Waals surface area contributed by atoms with Gasteiger partial charge in [0.2, 0.25) is 0 Å². The molecule has 0 aliphatic rings. The summed E-state index contributed by atoms with van der Waals surface area (Å²) in [5.74, 6) is 1.24. The summed E-state index contributed by atoms with van der Waals surface area (Å²) >= 11 is 1.98. The minimum atomic E-state index is -0.231. The average Bonchev–Trinajstić information content (AvgIpc) is 2.11. The zero-order valence-corrected chi connectivity index (χ0v) is 9.79. The number of hydrogen-bond acceptors (Lipinski definition) is 2. The van der Waals surface area contributed by atoms with E-state index in [1.807, 2.05) is 17.5 Å². The van der Waals surface area contributed by atoms with Crippen LogP contribution in [0.15, 0.2) is 12.7 Å². The first kappa shape index (κ1) is 12.5. The summed E-state index contributed by atoms with van der Waals surface area (Å²) in [5.41, 5.74) is 0. The van der Waals surface area contributed by atoms with Gasteiger partial charge in [-0.1, -0.05) is 26.3 Å². The van der Waals surface area contributed by atoms with E-state index in [9.17, 15) is 0 Å². The lowest BCUT2D eigenvalue weighted by Crippen LogP contribution is -1.86. The van der Waals surface area contributed by atoms with Crippen molar-refractivity contribution in [3.05, 3.63) is 12.7 Å². The van der Waals surface area contributed by atoms with E-state index >= 15 is 0 Å². The summed E-state index contributed by atoms with van der Waals surface area (Å²) < 4.78 is 5.60. The molecule has 1 atom stereocenters. The Bertz CT molecular complexity index is 109. The summed E-state index contributed by atoms with van der Waals surface area (Å²) in [4.78, 5) is 0. The molecule has 0 rings (SSSR count). The molecule has 0 spiro atoms. The van der Waals surface area contributed by atoms with Crippen molar-refractivity contribution in [1.29, 1.82) is 0 Å². The van der Waals surface area contributed by atoms with Crippen molar-refractivity contribution in [2.24, 2.45) is 0 Å². The van der Waals surface area contributed by atoms with E-state index in [0.717, 1.165) is 6.16 Å². The first-order valence-electron chi connectivity index (χ1n) is 4.49. The molecule has 0 aromatic heterocycles. The Hall–Kier alpha value is 0.480. The lowest BCUT2D eigenvalue weighted by atomic mass is 10.4. The van der Waals surface area contributed by atoms with Crippen molar-refractivity contribution in [2.75, 3.05) is 18.5 Å². The zero-order valence-electron chi connectivity index (χ0n) is 8.08. The van der Waals surface area contributed by atoms with Crippen LogP contribution in [0.25, 0.3) is 0 Å². The molecule has 0 fully saturated rings. The fraction of sp³-hybridized carbons (Fsp3) is 0.778. The first-order chi connectivity index (χ1) is 5.85. The normalized spacial score (nSPS) is 12.8. The SMILES string of the molecule is C=CCOP(CC)SCCCC. The molecule has 0 saturated carbocycles. The second kappa shape index (κ2) is 9.57. The second-order valence-electron chi connectivity index (χ2n) is 2.42. The lowest BCUT2D eigenvalue weighted by molar-refractivity contribution is 0.413. The van der Waals surface area contributed by atoms with Gasteiger partial charge in [0.05, 0.1) is 14.0 Å². The van der Waals surface area contributed by atoms with Crippen molar-refractivity contribution in [2.45, 2.75) is 26.7 Å². The number of unbranched alkanes of at least 4 members (excludes halogenated alkanes) is 1. The van der Waals surface area contributed by atoms with Gasteiger partial charge in [0, 0.05) is 0 Å². The second-order valence-corrected chi connectivity index (χ2v) is 6.64. The summed E-state index contributed by atoms with van der Waals surface area (Å²) in [6, 6.07) is 0. The van der Waals surface area contributed by atoms with Crippen molar-refractivity contribution >= 4 is 18.7 Å². The molecule has 0 bridgehead atoms. The van der Waals surface area contributed by atoms with Gasteiger partial charge in [0.15, 0.2) is 0 Å². The van der Waals surface area contributed by atoms with Crippen LogP contribution in [0.3, 0.4) is 0 Å². The molecule has 12 heavy (non-hydrogen) atoms. The van der Waals surface area contributed by atoms with Crippen LogP contribution in [0.4, 0.5) is 0 Å². The third kappa shape index (κ3) is 7.15. The molecule has 0 radical (unpaired) electrons. The molecular weight excluding hydrogens is 187 g/mol. The molecule has 0 amide bonds. The van der Waals surface area contributed by atoms with E-state index in [-0.39, 0.29) is 7.35 Å². The Labute approximate surface area is 81.5 Å². The highest BCUT2D eigenvalue weighted by atomic mass is 32.7. The van der Waals surface area contributed by atoms with E-state index in [1.165, 1.54) is 18.6 Å². The molecule has 3 heteroatoms. The van der Waals surface area contributed by atoms with Crippen LogP contribution in [0.5, 0.6) is 0 Å². The summed E-state index contributed by atoms with van der Waals surface area (Å²) in [5, 5.41) is 0. The summed E-state index contributed by atoms with van der Waals surface area (Å²) in [6.07, 6.45) is 5.56. The molecule has 0 aliphatic carbocycles. The van der Waals surface area contributed by atoms with Crippen LogP contribution in [-0.2, 0) is 4.52 Å². The Morgan fingerprint density at radius 2 is 2.25 bits per heavy atom. The Morgan fingerprint density at radius 1 is 1.50 bits per heavy atom. The van der Waals surface area contributed by atoms with E-state index in [0.29, 0.717) is 6.61 Å². The van der Waals surface area contributed by atoms with Gasteiger partial charge < -0.3 is 4.52 Å². The van der Waals surface area contributed by atoms with Gasteiger partial charge in [0.1, 0.15) is 0 Å². The molecule has 1 nitrogen and oxygen atoms in total. The molecule has 0 N–H and O–H groups in total. The molecule has 0 aromatic carbocycles. The Kier molecular flexibility index (Phi) is 9.95.